The summed E-state index contributed by atoms with van der Waals surface area (Å²) in [5, 5.41) is 4.20. The first-order valence-electron chi connectivity index (χ1n) is 3.22. The van der Waals surface area contributed by atoms with Gasteiger partial charge in [-0.1, -0.05) is 0 Å². The number of rotatable bonds is 0. The van der Waals surface area contributed by atoms with E-state index in [1.165, 1.54) is 3.70 Å². The summed E-state index contributed by atoms with van der Waals surface area (Å²) < 4.78 is 3.19. The maximum Gasteiger partial charge on any atom is 0.0995 e. The number of halogens is 1. The Morgan fingerprint density at radius 3 is 2.30 bits per heavy atom. The van der Waals surface area contributed by atoms with Gasteiger partial charge >= 0.3 is 0 Å². The lowest BCUT2D eigenvalue weighted by molar-refractivity contribution is 0.348. The summed E-state index contributed by atoms with van der Waals surface area (Å²) >= 11 is 2.28. The maximum atomic E-state index is 4.20. The quantitative estimate of drug-likeness (QED) is 0.645. The van der Waals surface area contributed by atoms with E-state index >= 15 is 0 Å². The van der Waals surface area contributed by atoms with Crippen molar-refractivity contribution in [1.82, 2.24) is 9.78 Å². The molecule has 3 heteroatoms. The second-order valence-electron chi connectivity index (χ2n) is 3.24. The van der Waals surface area contributed by atoms with Crippen LogP contribution in [0.15, 0.2) is 12.3 Å². The SMILES string of the molecule is CC(C)(C)n1nccc1I. The molecular weight excluding hydrogens is 239 g/mol. The molecule has 0 N–H and O–H groups in total. The molecule has 0 radical (unpaired) electrons. The Hall–Kier alpha value is -0.0600. The normalized spacial score (nSPS) is 12.0. The van der Waals surface area contributed by atoms with E-state index in [0.717, 1.165) is 0 Å². The van der Waals surface area contributed by atoms with Crippen LogP contribution in [0.5, 0.6) is 0 Å². The predicted octanol–water partition coefficient (Wildman–Crippen LogP) is 2.24. The summed E-state index contributed by atoms with van der Waals surface area (Å²) in [7, 11) is 0. The van der Waals surface area contributed by atoms with E-state index in [2.05, 4.69) is 48.5 Å². The number of aromatic nitrogens is 2. The van der Waals surface area contributed by atoms with Crippen molar-refractivity contribution < 1.29 is 0 Å². The molecule has 0 saturated heterocycles. The topological polar surface area (TPSA) is 17.8 Å². The monoisotopic (exact) mass is 250 g/mol. The molecule has 2 nitrogen and oxygen atoms in total. The van der Waals surface area contributed by atoms with Crippen molar-refractivity contribution in [3.63, 3.8) is 0 Å². The van der Waals surface area contributed by atoms with Crippen LogP contribution in [0.4, 0.5) is 0 Å². The third kappa shape index (κ3) is 1.51. The highest BCUT2D eigenvalue weighted by molar-refractivity contribution is 14.1. The molecular formula is C7H11IN2. The van der Waals surface area contributed by atoms with Gasteiger partial charge in [-0.05, 0) is 49.4 Å². The fourth-order valence-electron chi connectivity index (χ4n) is 0.781. The molecule has 1 rings (SSSR count). The van der Waals surface area contributed by atoms with Crippen LogP contribution in [-0.4, -0.2) is 9.78 Å². The molecule has 0 aliphatic heterocycles. The minimum absolute atomic E-state index is 0.111. The molecule has 0 amide bonds. The lowest BCUT2D eigenvalue weighted by Crippen LogP contribution is -2.24. The summed E-state index contributed by atoms with van der Waals surface area (Å²) in [5.74, 6) is 0. The first-order chi connectivity index (χ1) is 4.52. The fraction of sp³-hybridized carbons (Fsp3) is 0.571. The van der Waals surface area contributed by atoms with Gasteiger partial charge in [0, 0.05) is 0 Å². The molecule has 0 aliphatic rings. The molecule has 56 valence electrons. The molecule has 0 unspecified atom stereocenters. The Balaban J connectivity index is 3.05. The van der Waals surface area contributed by atoms with Crippen molar-refractivity contribution in [2.45, 2.75) is 26.3 Å². The van der Waals surface area contributed by atoms with Crippen molar-refractivity contribution in [2.24, 2.45) is 0 Å². The van der Waals surface area contributed by atoms with E-state index in [9.17, 15) is 0 Å². The first-order valence-corrected chi connectivity index (χ1v) is 4.30. The predicted molar refractivity (Wildman–Crippen MR) is 49.9 cm³/mol. The number of nitrogens with zero attached hydrogens (tertiary/aromatic N) is 2. The lowest BCUT2D eigenvalue weighted by Gasteiger charge is -2.20. The summed E-state index contributed by atoms with van der Waals surface area (Å²) in [5.41, 5.74) is 0.111. The smallest absolute Gasteiger partial charge is 0.0995 e. The van der Waals surface area contributed by atoms with Crippen LogP contribution in [-0.2, 0) is 5.54 Å². The van der Waals surface area contributed by atoms with Gasteiger partial charge in [0.1, 0.15) is 0 Å². The van der Waals surface area contributed by atoms with Gasteiger partial charge in [0.25, 0.3) is 0 Å². The Morgan fingerprint density at radius 1 is 1.50 bits per heavy atom. The molecule has 0 fully saturated rings. The number of hydrogen-bond acceptors (Lipinski definition) is 1. The molecule has 1 heterocycles. The van der Waals surface area contributed by atoms with Gasteiger partial charge in [-0.2, -0.15) is 5.10 Å². The Bertz CT molecular complexity index is 222. The van der Waals surface area contributed by atoms with Crippen molar-refractivity contribution in [3.8, 4) is 0 Å². The van der Waals surface area contributed by atoms with Gasteiger partial charge in [-0.15, -0.1) is 0 Å². The van der Waals surface area contributed by atoms with Crippen LogP contribution < -0.4 is 0 Å². The molecule has 0 aromatic carbocycles. The summed E-state index contributed by atoms with van der Waals surface area (Å²) in [6.45, 7) is 6.42. The number of hydrogen-bond donors (Lipinski definition) is 0. The highest BCUT2D eigenvalue weighted by Crippen LogP contribution is 2.16. The van der Waals surface area contributed by atoms with Crippen LogP contribution >= 0.6 is 22.6 Å². The Kier molecular flexibility index (Phi) is 2.03. The van der Waals surface area contributed by atoms with E-state index in [1.54, 1.807) is 0 Å². The van der Waals surface area contributed by atoms with Gasteiger partial charge in [0.2, 0.25) is 0 Å². The van der Waals surface area contributed by atoms with E-state index in [-0.39, 0.29) is 5.54 Å². The van der Waals surface area contributed by atoms with Gasteiger partial charge < -0.3 is 0 Å². The molecule has 0 saturated carbocycles. The largest absolute Gasteiger partial charge is 0.254 e. The average molecular weight is 250 g/mol. The van der Waals surface area contributed by atoms with Crippen LogP contribution in [0, 0.1) is 3.70 Å². The summed E-state index contributed by atoms with van der Waals surface area (Å²) in [6, 6.07) is 2.01. The third-order valence-corrected chi connectivity index (χ3v) is 2.05. The standard InChI is InChI=1S/C7H11IN2/c1-7(2,3)10-6(8)4-5-9-10/h4-5H,1-3H3. The van der Waals surface area contributed by atoms with Crippen LogP contribution in [0.3, 0.4) is 0 Å². The zero-order chi connectivity index (χ0) is 7.78. The van der Waals surface area contributed by atoms with Crippen molar-refractivity contribution in [3.05, 3.63) is 16.0 Å². The van der Waals surface area contributed by atoms with Gasteiger partial charge in [0.15, 0.2) is 0 Å². The van der Waals surface area contributed by atoms with E-state index < -0.39 is 0 Å². The van der Waals surface area contributed by atoms with Crippen molar-refractivity contribution in [2.75, 3.05) is 0 Å². The van der Waals surface area contributed by atoms with Crippen molar-refractivity contribution >= 4 is 22.6 Å². The first kappa shape index (κ1) is 8.04. The molecule has 10 heavy (non-hydrogen) atoms. The van der Waals surface area contributed by atoms with Gasteiger partial charge in [-0.25, -0.2) is 0 Å². The van der Waals surface area contributed by atoms with Crippen molar-refractivity contribution in [1.29, 1.82) is 0 Å². The van der Waals surface area contributed by atoms with E-state index in [4.69, 9.17) is 0 Å². The molecule has 0 atom stereocenters. The van der Waals surface area contributed by atoms with Crippen LogP contribution in [0.1, 0.15) is 20.8 Å². The highest BCUT2D eigenvalue weighted by atomic mass is 127. The second-order valence-corrected chi connectivity index (χ2v) is 4.34. The molecule has 0 bridgehead atoms. The summed E-state index contributed by atoms with van der Waals surface area (Å²) in [4.78, 5) is 0. The third-order valence-electron chi connectivity index (χ3n) is 1.23. The molecule has 1 aromatic rings. The zero-order valence-electron chi connectivity index (χ0n) is 6.43. The molecule has 1 aromatic heterocycles. The van der Waals surface area contributed by atoms with Gasteiger partial charge in [0.05, 0.1) is 15.4 Å². The van der Waals surface area contributed by atoms with Crippen LogP contribution in [0.25, 0.3) is 0 Å². The summed E-state index contributed by atoms with van der Waals surface area (Å²) in [6.07, 6.45) is 1.83. The molecule has 0 aliphatic carbocycles. The Labute approximate surface area is 74.8 Å². The lowest BCUT2D eigenvalue weighted by atomic mass is 10.1. The van der Waals surface area contributed by atoms with E-state index in [0.29, 0.717) is 0 Å². The zero-order valence-corrected chi connectivity index (χ0v) is 8.58. The van der Waals surface area contributed by atoms with Crippen LogP contribution in [0.2, 0.25) is 0 Å². The second kappa shape index (κ2) is 2.53. The fourth-order valence-corrected chi connectivity index (χ4v) is 1.79. The highest BCUT2D eigenvalue weighted by Gasteiger charge is 2.14. The maximum absolute atomic E-state index is 4.20. The van der Waals surface area contributed by atoms with Gasteiger partial charge in [-0.3, -0.25) is 4.68 Å². The molecule has 0 spiro atoms. The van der Waals surface area contributed by atoms with E-state index in [1.807, 2.05) is 16.9 Å². The Morgan fingerprint density at radius 2 is 2.10 bits per heavy atom. The minimum atomic E-state index is 0.111. The average Bonchev–Trinajstić information content (AvgIpc) is 2.11. The minimum Gasteiger partial charge on any atom is -0.254 e.